The van der Waals surface area contributed by atoms with Crippen LogP contribution in [0.15, 0.2) is 18.2 Å². The van der Waals surface area contributed by atoms with Crippen molar-refractivity contribution < 1.29 is 19.4 Å². The number of carboxylic acids is 1. The SMILES string of the molecule is CCOC1CC(NC(=O)c2cccc(C)n2)(C(=O)O)C1(C)C. The normalized spacial score (nSPS) is 26.1. The summed E-state index contributed by atoms with van der Waals surface area (Å²) in [4.78, 5) is 28.3. The van der Waals surface area contributed by atoms with Gasteiger partial charge >= 0.3 is 5.97 Å². The number of amides is 1. The summed E-state index contributed by atoms with van der Waals surface area (Å²) in [6, 6.07) is 5.07. The minimum Gasteiger partial charge on any atom is -0.479 e. The Balaban J connectivity index is 2.24. The largest absolute Gasteiger partial charge is 0.479 e. The first-order chi connectivity index (χ1) is 10.2. The van der Waals surface area contributed by atoms with Crippen LogP contribution in [0.25, 0.3) is 0 Å². The molecule has 2 N–H and O–H groups in total. The van der Waals surface area contributed by atoms with Crippen LogP contribution >= 0.6 is 0 Å². The molecule has 22 heavy (non-hydrogen) atoms. The molecule has 2 rings (SSSR count). The molecule has 1 aliphatic carbocycles. The number of aryl methyl sites for hydroxylation is 1. The van der Waals surface area contributed by atoms with E-state index in [1.807, 2.05) is 6.92 Å². The number of carbonyl (C=O) groups is 2. The quantitative estimate of drug-likeness (QED) is 0.865. The smallest absolute Gasteiger partial charge is 0.330 e. The van der Waals surface area contributed by atoms with E-state index in [1.54, 1.807) is 39.0 Å². The Kier molecular flexibility index (Phi) is 4.24. The maximum atomic E-state index is 12.4. The van der Waals surface area contributed by atoms with Crippen molar-refractivity contribution in [3.63, 3.8) is 0 Å². The van der Waals surface area contributed by atoms with Crippen LogP contribution in [-0.2, 0) is 9.53 Å². The number of nitrogens with one attached hydrogen (secondary N) is 1. The van der Waals surface area contributed by atoms with Crippen LogP contribution < -0.4 is 5.32 Å². The lowest BCUT2D eigenvalue weighted by Gasteiger charge is -2.58. The molecule has 0 saturated heterocycles. The second kappa shape index (κ2) is 5.68. The van der Waals surface area contributed by atoms with Crippen molar-refractivity contribution in [2.24, 2.45) is 5.41 Å². The second-order valence-electron chi connectivity index (χ2n) is 6.20. The standard InChI is InChI=1S/C16H22N2O4/c1-5-22-12-9-16(14(20)21,15(12,3)4)18-13(19)11-8-6-7-10(2)17-11/h6-8,12H,5,9H2,1-4H3,(H,18,19)(H,20,21). The number of aliphatic carboxylic acids is 1. The van der Waals surface area contributed by atoms with Crippen LogP contribution in [-0.4, -0.2) is 40.2 Å². The van der Waals surface area contributed by atoms with E-state index in [9.17, 15) is 14.7 Å². The molecule has 1 saturated carbocycles. The zero-order valence-electron chi connectivity index (χ0n) is 13.3. The van der Waals surface area contributed by atoms with Crippen molar-refractivity contribution in [1.29, 1.82) is 0 Å². The molecule has 6 heteroatoms. The first-order valence-corrected chi connectivity index (χ1v) is 7.36. The first kappa shape index (κ1) is 16.4. The van der Waals surface area contributed by atoms with E-state index in [1.165, 1.54) is 0 Å². The van der Waals surface area contributed by atoms with E-state index in [0.29, 0.717) is 12.3 Å². The number of nitrogens with zero attached hydrogens (tertiary/aromatic N) is 1. The van der Waals surface area contributed by atoms with Gasteiger partial charge in [0.25, 0.3) is 5.91 Å². The van der Waals surface area contributed by atoms with E-state index in [2.05, 4.69) is 10.3 Å². The van der Waals surface area contributed by atoms with E-state index in [4.69, 9.17) is 4.74 Å². The van der Waals surface area contributed by atoms with Crippen LogP contribution in [0.5, 0.6) is 0 Å². The Morgan fingerprint density at radius 3 is 2.64 bits per heavy atom. The maximum Gasteiger partial charge on any atom is 0.330 e. The minimum absolute atomic E-state index is 0.195. The van der Waals surface area contributed by atoms with Gasteiger partial charge in [0.2, 0.25) is 0 Å². The van der Waals surface area contributed by atoms with Crippen molar-refractivity contribution in [2.75, 3.05) is 6.61 Å². The highest BCUT2D eigenvalue weighted by molar-refractivity contribution is 5.97. The van der Waals surface area contributed by atoms with Gasteiger partial charge in [-0.05, 0) is 26.0 Å². The summed E-state index contributed by atoms with van der Waals surface area (Å²) in [6.07, 6.45) is 0.0557. The van der Waals surface area contributed by atoms with Gasteiger partial charge in [0, 0.05) is 24.1 Å². The highest BCUT2D eigenvalue weighted by Gasteiger charge is 2.66. The molecule has 0 bridgehead atoms. The summed E-state index contributed by atoms with van der Waals surface area (Å²) >= 11 is 0. The molecule has 1 amide bonds. The fraction of sp³-hybridized carbons (Fsp3) is 0.562. The maximum absolute atomic E-state index is 12.4. The highest BCUT2D eigenvalue weighted by atomic mass is 16.5. The average Bonchev–Trinajstić information content (AvgIpc) is 2.45. The number of carbonyl (C=O) groups excluding carboxylic acids is 1. The molecule has 0 spiro atoms. The van der Waals surface area contributed by atoms with Crippen molar-refractivity contribution in [3.05, 3.63) is 29.6 Å². The number of carboxylic acid groups (broad SMARTS) is 1. The molecule has 1 aromatic rings. The summed E-state index contributed by atoms with van der Waals surface area (Å²) in [6.45, 7) is 7.76. The van der Waals surface area contributed by atoms with Crippen LogP contribution in [0.4, 0.5) is 0 Å². The fourth-order valence-corrected chi connectivity index (χ4v) is 2.96. The molecule has 2 atom stereocenters. The van der Waals surface area contributed by atoms with Gasteiger partial charge < -0.3 is 15.2 Å². The summed E-state index contributed by atoms with van der Waals surface area (Å²) in [5.41, 5.74) is -1.11. The molecule has 1 aromatic heterocycles. The minimum atomic E-state index is -1.34. The fourth-order valence-electron chi connectivity index (χ4n) is 2.96. The number of ether oxygens (including phenoxy) is 1. The van der Waals surface area contributed by atoms with Crippen LogP contribution in [0.3, 0.4) is 0 Å². The first-order valence-electron chi connectivity index (χ1n) is 7.36. The molecule has 2 unspecified atom stereocenters. The zero-order valence-corrected chi connectivity index (χ0v) is 13.3. The third-order valence-electron chi connectivity index (χ3n) is 4.58. The van der Waals surface area contributed by atoms with E-state index >= 15 is 0 Å². The predicted octanol–water partition coefficient (Wildman–Crippen LogP) is 1.78. The molecule has 120 valence electrons. The van der Waals surface area contributed by atoms with E-state index in [0.717, 1.165) is 0 Å². The van der Waals surface area contributed by atoms with Crippen molar-refractivity contribution in [2.45, 2.75) is 45.8 Å². The van der Waals surface area contributed by atoms with Crippen LogP contribution in [0.1, 0.15) is 43.4 Å². The van der Waals surface area contributed by atoms with Gasteiger partial charge in [0.15, 0.2) is 0 Å². The van der Waals surface area contributed by atoms with Crippen LogP contribution in [0, 0.1) is 12.3 Å². The molecule has 0 aliphatic heterocycles. The third kappa shape index (κ3) is 2.47. The van der Waals surface area contributed by atoms with Gasteiger partial charge in [-0.3, -0.25) is 4.79 Å². The number of pyridine rings is 1. The Labute approximate surface area is 129 Å². The summed E-state index contributed by atoms with van der Waals surface area (Å²) < 4.78 is 5.57. The Morgan fingerprint density at radius 2 is 2.14 bits per heavy atom. The van der Waals surface area contributed by atoms with E-state index in [-0.39, 0.29) is 18.2 Å². The zero-order chi connectivity index (χ0) is 16.5. The molecule has 1 heterocycles. The Hall–Kier alpha value is -1.95. The van der Waals surface area contributed by atoms with Gasteiger partial charge in [-0.2, -0.15) is 0 Å². The summed E-state index contributed by atoms with van der Waals surface area (Å²) in [7, 11) is 0. The van der Waals surface area contributed by atoms with Crippen LogP contribution in [0.2, 0.25) is 0 Å². The van der Waals surface area contributed by atoms with Gasteiger partial charge in [-0.1, -0.05) is 19.9 Å². The Morgan fingerprint density at radius 1 is 1.45 bits per heavy atom. The average molecular weight is 306 g/mol. The molecular formula is C16H22N2O4. The molecular weight excluding hydrogens is 284 g/mol. The lowest BCUT2D eigenvalue weighted by atomic mass is 9.54. The van der Waals surface area contributed by atoms with Gasteiger partial charge in [0.05, 0.1) is 6.10 Å². The van der Waals surface area contributed by atoms with Gasteiger partial charge in [-0.25, -0.2) is 9.78 Å². The van der Waals surface area contributed by atoms with Gasteiger partial charge in [-0.15, -0.1) is 0 Å². The molecule has 1 fully saturated rings. The molecule has 0 radical (unpaired) electrons. The lowest BCUT2D eigenvalue weighted by Crippen LogP contribution is -2.76. The van der Waals surface area contributed by atoms with Crippen molar-refractivity contribution in [3.8, 4) is 0 Å². The van der Waals surface area contributed by atoms with E-state index < -0.39 is 22.8 Å². The lowest BCUT2D eigenvalue weighted by molar-refractivity contribution is -0.190. The predicted molar refractivity (Wildman–Crippen MR) is 80.6 cm³/mol. The number of aromatic nitrogens is 1. The monoisotopic (exact) mass is 306 g/mol. The molecule has 1 aliphatic rings. The van der Waals surface area contributed by atoms with Gasteiger partial charge in [0.1, 0.15) is 11.2 Å². The number of hydrogen-bond acceptors (Lipinski definition) is 4. The molecule has 0 aromatic carbocycles. The number of hydrogen-bond donors (Lipinski definition) is 2. The van der Waals surface area contributed by atoms with Crippen molar-refractivity contribution >= 4 is 11.9 Å². The molecule has 6 nitrogen and oxygen atoms in total. The summed E-state index contributed by atoms with van der Waals surface area (Å²) in [5, 5.41) is 12.3. The second-order valence-corrected chi connectivity index (χ2v) is 6.20. The highest BCUT2D eigenvalue weighted by Crippen LogP contribution is 2.51. The summed E-state index contributed by atoms with van der Waals surface area (Å²) in [5.74, 6) is -1.52. The number of rotatable bonds is 5. The topological polar surface area (TPSA) is 88.5 Å². The Bertz CT molecular complexity index is 600. The van der Waals surface area contributed by atoms with Crippen molar-refractivity contribution in [1.82, 2.24) is 10.3 Å². The third-order valence-corrected chi connectivity index (χ3v) is 4.58.